The smallest absolute Gasteiger partial charge is 0.229 e. The molecule has 0 unspecified atom stereocenters. The van der Waals surface area contributed by atoms with Crippen LogP contribution in [-0.2, 0) is 12.8 Å². The molecule has 6 heteroatoms. The lowest BCUT2D eigenvalue weighted by atomic mass is 10.1. The normalized spacial score (nSPS) is 16.3. The Kier molecular flexibility index (Phi) is 3.50. The van der Waals surface area contributed by atoms with Crippen LogP contribution in [0.5, 0.6) is 0 Å². The molecule has 0 bridgehead atoms. The molecule has 1 aliphatic rings. The maximum Gasteiger partial charge on any atom is 0.229 e. The summed E-state index contributed by atoms with van der Waals surface area (Å²) in [5, 5.41) is 4.16. The van der Waals surface area contributed by atoms with Crippen LogP contribution in [0.3, 0.4) is 0 Å². The first-order valence-corrected chi connectivity index (χ1v) is 7.84. The molecule has 1 aromatic carbocycles. The van der Waals surface area contributed by atoms with Crippen molar-refractivity contribution < 1.29 is 4.42 Å². The van der Waals surface area contributed by atoms with Crippen LogP contribution in [0.1, 0.15) is 16.9 Å². The van der Waals surface area contributed by atoms with Gasteiger partial charge in [0.15, 0.2) is 0 Å². The van der Waals surface area contributed by atoms with E-state index in [1.807, 2.05) is 19.1 Å². The predicted molar refractivity (Wildman–Crippen MR) is 88.5 cm³/mol. The topological polar surface area (TPSA) is 63.8 Å². The Bertz CT molecular complexity index is 844. The van der Waals surface area contributed by atoms with E-state index in [1.165, 1.54) is 11.1 Å². The van der Waals surface area contributed by atoms with Gasteiger partial charge < -0.3 is 9.73 Å². The third-order valence-electron chi connectivity index (χ3n) is 3.95. The third kappa shape index (κ3) is 2.92. The van der Waals surface area contributed by atoms with Crippen molar-refractivity contribution in [1.29, 1.82) is 0 Å². The molecule has 1 aliphatic carbocycles. The van der Waals surface area contributed by atoms with E-state index in [4.69, 9.17) is 16.0 Å². The fourth-order valence-electron chi connectivity index (χ4n) is 2.87. The van der Waals surface area contributed by atoms with E-state index in [0.717, 1.165) is 29.2 Å². The van der Waals surface area contributed by atoms with Gasteiger partial charge in [-0.15, -0.1) is 0 Å². The van der Waals surface area contributed by atoms with Crippen LogP contribution in [-0.4, -0.2) is 21.0 Å². The van der Waals surface area contributed by atoms with Gasteiger partial charge in [0.05, 0.1) is 11.8 Å². The second kappa shape index (κ2) is 5.66. The highest BCUT2D eigenvalue weighted by molar-refractivity contribution is 6.30. The summed E-state index contributed by atoms with van der Waals surface area (Å²) in [7, 11) is 0. The minimum Gasteiger partial charge on any atom is -0.441 e. The van der Waals surface area contributed by atoms with Crippen LogP contribution in [0.15, 0.2) is 41.2 Å². The van der Waals surface area contributed by atoms with E-state index in [2.05, 4.69) is 26.3 Å². The number of aryl methyl sites for hydroxylation is 1. The van der Waals surface area contributed by atoms with Gasteiger partial charge in [-0.05, 0) is 43.0 Å². The molecule has 0 amide bonds. The molecule has 0 saturated carbocycles. The van der Waals surface area contributed by atoms with Gasteiger partial charge in [0, 0.05) is 23.5 Å². The molecule has 5 nitrogen and oxygen atoms in total. The number of halogens is 1. The van der Waals surface area contributed by atoms with Gasteiger partial charge in [0.25, 0.3) is 0 Å². The molecule has 0 radical (unpaired) electrons. The molecule has 0 spiro atoms. The largest absolute Gasteiger partial charge is 0.441 e. The van der Waals surface area contributed by atoms with Crippen LogP contribution in [0.4, 0.5) is 5.95 Å². The van der Waals surface area contributed by atoms with Gasteiger partial charge in [0.1, 0.15) is 5.76 Å². The summed E-state index contributed by atoms with van der Waals surface area (Å²) < 4.78 is 5.47. The van der Waals surface area contributed by atoms with Crippen LogP contribution in [0.25, 0.3) is 11.5 Å². The highest BCUT2D eigenvalue weighted by atomic mass is 35.5. The van der Waals surface area contributed by atoms with Crippen molar-refractivity contribution >= 4 is 17.5 Å². The average Bonchev–Trinajstić information content (AvgIpc) is 3.13. The van der Waals surface area contributed by atoms with Crippen molar-refractivity contribution in [2.24, 2.45) is 0 Å². The highest BCUT2D eigenvalue weighted by Gasteiger charge is 2.22. The van der Waals surface area contributed by atoms with E-state index in [9.17, 15) is 0 Å². The SMILES string of the molecule is Cc1cnc(-c2cnc(N[C@H]3Cc4ccc(Cl)cc4C3)nc2)o1. The van der Waals surface area contributed by atoms with Crippen molar-refractivity contribution in [3.8, 4) is 11.5 Å². The first kappa shape index (κ1) is 14.2. The molecule has 23 heavy (non-hydrogen) atoms. The Morgan fingerprint density at radius 2 is 1.87 bits per heavy atom. The van der Waals surface area contributed by atoms with Crippen LogP contribution >= 0.6 is 11.6 Å². The fraction of sp³-hybridized carbons (Fsp3) is 0.235. The second-order valence-corrected chi connectivity index (χ2v) is 6.17. The summed E-state index contributed by atoms with van der Waals surface area (Å²) >= 11 is 6.05. The van der Waals surface area contributed by atoms with Crippen molar-refractivity contribution in [2.45, 2.75) is 25.8 Å². The molecular weight excluding hydrogens is 312 g/mol. The molecule has 4 rings (SSSR count). The van der Waals surface area contributed by atoms with Crippen LogP contribution in [0, 0.1) is 6.92 Å². The van der Waals surface area contributed by atoms with E-state index >= 15 is 0 Å². The van der Waals surface area contributed by atoms with Crippen molar-refractivity contribution in [2.75, 3.05) is 5.32 Å². The van der Waals surface area contributed by atoms with Crippen LogP contribution < -0.4 is 5.32 Å². The van der Waals surface area contributed by atoms with Crippen LogP contribution in [0.2, 0.25) is 5.02 Å². The molecule has 0 aliphatic heterocycles. The van der Waals surface area contributed by atoms with E-state index < -0.39 is 0 Å². The first-order chi connectivity index (χ1) is 11.2. The number of hydrogen-bond acceptors (Lipinski definition) is 5. The molecular formula is C17H15ClN4O. The molecule has 3 aromatic rings. The zero-order chi connectivity index (χ0) is 15.8. The lowest BCUT2D eigenvalue weighted by Crippen LogP contribution is -2.20. The van der Waals surface area contributed by atoms with Gasteiger partial charge in [-0.25, -0.2) is 15.0 Å². The summed E-state index contributed by atoms with van der Waals surface area (Å²) in [6.07, 6.45) is 7.01. The first-order valence-electron chi connectivity index (χ1n) is 7.46. The Labute approximate surface area is 138 Å². The average molecular weight is 327 g/mol. The minimum atomic E-state index is 0.290. The lowest BCUT2D eigenvalue weighted by Gasteiger charge is -2.11. The summed E-state index contributed by atoms with van der Waals surface area (Å²) in [5.41, 5.74) is 3.39. The van der Waals surface area contributed by atoms with Gasteiger partial charge in [-0.3, -0.25) is 0 Å². The van der Waals surface area contributed by atoms with Gasteiger partial charge in [-0.1, -0.05) is 17.7 Å². The van der Waals surface area contributed by atoms with E-state index in [-0.39, 0.29) is 0 Å². The standard InChI is InChI=1S/C17H15ClN4O/c1-10-7-19-16(23-10)13-8-20-17(21-9-13)22-15-5-11-2-3-14(18)4-12(11)6-15/h2-4,7-9,15H,5-6H2,1H3,(H,20,21,22)/t15-/m0/s1. The number of benzene rings is 1. The number of rotatable bonds is 3. The Hall–Kier alpha value is -2.40. The Morgan fingerprint density at radius 3 is 2.61 bits per heavy atom. The summed E-state index contributed by atoms with van der Waals surface area (Å²) in [5.74, 6) is 1.92. The number of hydrogen-bond donors (Lipinski definition) is 1. The summed E-state index contributed by atoms with van der Waals surface area (Å²) in [6, 6.07) is 6.35. The van der Waals surface area contributed by atoms with Crippen molar-refractivity contribution in [3.63, 3.8) is 0 Å². The van der Waals surface area contributed by atoms with Gasteiger partial charge in [0.2, 0.25) is 11.8 Å². The molecule has 0 fully saturated rings. The zero-order valence-corrected chi connectivity index (χ0v) is 13.3. The number of nitrogens with one attached hydrogen (secondary N) is 1. The maximum absolute atomic E-state index is 6.05. The monoisotopic (exact) mass is 326 g/mol. The molecule has 2 aromatic heterocycles. The number of aromatic nitrogens is 3. The molecule has 1 atom stereocenters. The Morgan fingerprint density at radius 1 is 1.09 bits per heavy atom. The molecule has 116 valence electrons. The predicted octanol–water partition coefficient (Wildman–Crippen LogP) is 3.67. The second-order valence-electron chi connectivity index (χ2n) is 5.73. The summed E-state index contributed by atoms with van der Waals surface area (Å²) in [4.78, 5) is 12.9. The molecule has 0 saturated heterocycles. The summed E-state index contributed by atoms with van der Waals surface area (Å²) in [6.45, 7) is 1.86. The number of anilines is 1. The third-order valence-corrected chi connectivity index (χ3v) is 4.19. The van der Waals surface area contributed by atoms with Crippen molar-refractivity contribution in [3.05, 3.63) is 58.7 Å². The van der Waals surface area contributed by atoms with E-state index in [1.54, 1.807) is 18.6 Å². The number of fused-ring (bicyclic) bond motifs is 1. The maximum atomic E-state index is 6.05. The molecule has 2 heterocycles. The Balaban J connectivity index is 1.46. The van der Waals surface area contributed by atoms with Crippen molar-refractivity contribution in [1.82, 2.24) is 15.0 Å². The fourth-order valence-corrected chi connectivity index (χ4v) is 3.07. The molecule has 1 N–H and O–H groups in total. The lowest BCUT2D eigenvalue weighted by molar-refractivity contribution is 0.542. The minimum absolute atomic E-state index is 0.290. The zero-order valence-electron chi connectivity index (χ0n) is 12.6. The van der Waals surface area contributed by atoms with Gasteiger partial charge in [-0.2, -0.15) is 0 Å². The van der Waals surface area contributed by atoms with Gasteiger partial charge >= 0.3 is 0 Å². The number of nitrogens with zero attached hydrogens (tertiary/aromatic N) is 3. The number of oxazole rings is 1. The highest BCUT2D eigenvalue weighted by Crippen LogP contribution is 2.27. The van der Waals surface area contributed by atoms with E-state index in [0.29, 0.717) is 17.9 Å². The quantitative estimate of drug-likeness (QED) is 0.795.